The molecule has 7 nitrogen and oxygen atoms in total. The molecule has 3 aromatic rings. The molecule has 34 heavy (non-hydrogen) atoms. The van der Waals surface area contributed by atoms with Crippen molar-refractivity contribution in [3.05, 3.63) is 47.0 Å². The van der Waals surface area contributed by atoms with Gasteiger partial charge in [-0.25, -0.2) is 0 Å². The molecule has 1 saturated carbocycles. The number of rotatable bonds is 8. The fourth-order valence-electron chi connectivity index (χ4n) is 4.28. The van der Waals surface area contributed by atoms with Crippen LogP contribution < -0.4 is 14.8 Å². The minimum absolute atomic E-state index is 0.110. The standard InChI is InChI=1S/C25H29ClN4O3S/c1-16-19(26)10-7-11-20(16)27-23(31)15-34-25-29-28-24(30(25)18-8-5-4-6-9-18)17-12-13-21(32-2)22(14-17)33-3/h7,10-14,18H,4-6,8-9,15H2,1-3H3,(H,27,31). The SMILES string of the molecule is COc1ccc(-c2nnc(SCC(=O)Nc3cccc(Cl)c3C)n2C2CCCCC2)cc1OC. The van der Waals surface area contributed by atoms with Crippen molar-refractivity contribution in [2.24, 2.45) is 0 Å². The van der Waals surface area contributed by atoms with Gasteiger partial charge in [0.1, 0.15) is 0 Å². The maximum absolute atomic E-state index is 12.7. The van der Waals surface area contributed by atoms with Gasteiger partial charge in [0.15, 0.2) is 22.5 Å². The maximum Gasteiger partial charge on any atom is 0.234 e. The monoisotopic (exact) mass is 500 g/mol. The van der Waals surface area contributed by atoms with Crippen LogP contribution in [0.1, 0.15) is 43.7 Å². The van der Waals surface area contributed by atoms with Crippen molar-refractivity contribution in [3.8, 4) is 22.9 Å². The summed E-state index contributed by atoms with van der Waals surface area (Å²) in [6, 6.07) is 11.5. The molecule has 0 atom stereocenters. The number of nitrogens with zero attached hydrogens (tertiary/aromatic N) is 3. The average molecular weight is 501 g/mol. The van der Waals surface area contributed by atoms with E-state index in [-0.39, 0.29) is 11.7 Å². The molecular weight excluding hydrogens is 472 g/mol. The van der Waals surface area contributed by atoms with Crippen LogP contribution in [0.5, 0.6) is 11.5 Å². The van der Waals surface area contributed by atoms with E-state index in [1.54, 1.807) is 14.2 Å². The normalized spacial score (nSPS) is 14.1. The number of carbonyl (C=O) groups is 1. The summed E-state index contributed by atoms with van der Waals surface area (Å²) in [6.07, 6.45) is 5.73. The fraction of sp³-hybridized carbons (Fsp3) is 0.400. The maximum atomic E-state index is 12.7. The van der Waals surface area contributed by atoms with Crippen LogP contribution in [0.25, 0.3) is 11.4 Å². The topological polar surface area (TPSA) is 78.3 Å². The molecule has 0 bridgehead atoms. The van der Waals surface area contributed by atoms with Gasteiger partial charge in [-0.15, -0.1) is 10.2 Å². The predicted octanol–water partition coefficient (Wildman–Crippen LogP) is 6.16. The lowest BCUT2D eigenvalue weighted by atomic mass is 9.95. The Hall–Kier alpha value is -2.71. The summed E-state index contributed by atoms with van der Waals surface area (Å²) in [4.78, 5) is 12.7. The van der Waals surface area contributed by atoms with Crippen molar-refractivity contribution < 1.29 is 14.3 Å². The fourth-order valence-corrected chi connectivity index (χ4v) is 5.26. The number of methoxy groups -OCH3 is 2. The number of hydrogen-bond acceptors (Lipinski definition) is 6. The number of amides is 1. The molecule has 0 radical (unpaired) electrons. The van der Waals surface area contributed by atoms with Gasteiger partial charge in [-0.1, -0.05) is 48.7 Å². The second-order valence-corrected chi connectivity index (χ2v) is 9.64. The van der Waals surface area contributed by atoms with Crippen LogP contribution in [0, 0.1) is 6.92 Å². The van der Waals surface area contributed by atoms with E-state index in [2.05, 4.69) is 20.1 Å². The highest BCUT2D eigenvalue weighted by atomic mass is 35.5. The van der Waals surface area contributed by atoms with E-state index >= 15 is 0 Å². The molecule has 1 fully saturated rings. The largest absolute Gasteiger partial charge is 0.493 e. The van der Waals surface area contributed by atoms with E-state index < -0.39 is 0 Å². The van der Waals surface area contributed by atoms with Gasteiger partial charge in [0.05, 0.1) is 20.0 Å². The number of halogens is 1. The number of anilines is 1. The highest BCUT2D eigenvalue weighted by Crippen LogP contribution is 2.38. The van der Waals surface area contributed by atoms with Crippen LogP contribution in [0.15, 0.2) is 41.6 Å². The lowest BCUT2D eigenvalue weighted by Gasteiger charge is -2.25. The summed E-state index contributed by atoms with van der Waals surface area (Å²) in [7, 11) is 3.24. The van der Waals surface area contributed by atoms with E-state index in [0.29, 0.717) is 22.6 Å². The second kappa shape index (κ2) is 11.1. The van der Waals surface area contributed by atoms with Crippen LogP contribution in [-0.4, -0.2) is 40.6 Å². The number of hydrogen-bond donors (Lipinski definition) is 1. The Morgan fingerprint density at radius 3 is 2.62 bits per heavy atom. The Balaban J connectivity index is 1.58. The molecule has 1 heterocycles. The first kappa shape index (κ1) is 24.4. The Morgan fingerprint density at radius 2 is 1.88 bits per heavy atom. The molecule has 0 aliphatic heterocycles. The van der Waals surface area contributed by atoms with Gasteiger partial charge >= 0.3 is 0 Å². The number of benzene rings is 2. The third-order valence-corrected chi connectivity index (χ3v) is 7.47. The molecule has 4 rings (SSSR count). The van der Waals surface area contributed by atoms with Gasteiger partial charge in [-0.3, -0.25) is 9.36 Å². The number of nitrogens with one attached hydrogen (secondary N) is 1. The van der Waals surface area contributed by atoms with Crippen LogP contribution in [-0.2, 0) is 4.79 Å². The summed E-state index contributed by atoms with van der Waals surface area (Å²) in [6.45, 7) is 1.89. The summed E-state index contributed by atoms with van der Waals surface area (Å²) in [5, 5.41) is 13.3. The minimum atomic E-state index is -0.110. The first-order valence-electron chi connectivity index (χ1n) is 11.4. The van der Waals surface area contributed by atoms with Crippen molar-refractivity contribution in [1.29, 1.82) is 0 Å². The van der Waals surface area contributed by atoms with Crippen LogP contribution >= 0.6 is 23.4 Å². The summed E-state index contributed by atoms with van der Waals surface area (Å²) < 4.78 is 13.1. The van der Waals surface area contributed by atoms with Crippen molar-refractivity contribution >= 4 is 35.0 Å². The molecular formula is C25H29ClN4O3S. The molecule has 0 saturated heterocycles. The van der Waals surface area contributed by atoms with Gasteiger partial charge in [-0.05, 0) is 55.7 Å². The van der Waals surface area contributed by atoms with Crippen LogP contribution in [0.3, 0.4) is 0 Å². The second-order valence-electron chi connectivity index (χ2n) is 8.29. The van der Waals surface area contributed by atoms with E-state index in [9.17, 15) is 4.79 Å². The third kappa shape index (κ3) is 5.33. The van der Waals surface area contributed by atoms with Gasteiger partial charge in [0, 0.05) is 22.3 Å². The van der Waals surface area contributed by atoms with Gasteiger partial charge in [0.2, 0.25) is 5.91 Å². The van der Waals surface area contributed by atoms with Crippen molar-refractivity contribution in [3.63, 3.8) is 0 Å². The molecule has 1 aliphatic rings. The Morgan fingerprint density at radius 1 is 1.12 bits per heavy atom. The van der Waals surface area contributed by atoms with E-state index in [1.165, 1.54) is 31.0 Å². The molecule has 1 N–H and O–H groups in total. The molecule has 1 aliphatic carbocycles. The van der Waals surface area contributed by atoms with Gasteiger partial charge in [0.25, 0.3) is 0 Å². The van der Waals surface area contributed by atoms with Gasteiger partial charge < -0.3 is 14.8 Å². The number of thioether (sulfide) groups is 1. The number of carbonyl (C=O) groups excluding carboxylic acids is 1. The van der Waals surface area contributed by atoms with E-state index in [0.717, 1.165) is 40.6 Å². The molecule has 2 aromatic carbocycles. The van der Waals surface area contributed by atoms with Gasteiger partial charge in [-0.2, -0.15) is 0 Å². The predicted molar refractivity (Wildman–Crippen MR) is 136 cm³/mol. The smallest absolute Gasteiger partial charge is 0.234 e. The summed E-state index contributed by atoms with van der Waals surface area (Å²) in [5.41, 5.74) is 2.48. The lowest BCUT2D eigenvalue weighted by molar-refractivity contribution is -0.113. The Kier molecular flexibility index (Phi) is 8.00. The van der Waals surface area contributed by atoms with E-state index in [1.807, 2.05) is 43.3 Å². The zero-order valence-electron chi connectivity index (χ0n) is 19.6. The van der Waals surface area contributed by atoms with Crippen LogP contribution in [0.2, 0.25) is 5.02 Å². The highest BCUT2D eigenvalue weighted by molar-refractivity contribution is 7.99. The Bertz CT molecular complexity index is 1160. The average Bonchev–Trinajstić information content (AvgIpc) is 3.29. The minimum Gasteiger partial charge on any atom is -0.493 e. The molecule has 9 heteroatoms. The zero-order valence-corrected chi connectivity index (χ0v) is 21.2. The number of ether oxygens (including phenoxy) is 2. The van der Waals surface area contributed by atoms with Crippen molar-refractivity contribution in [2.45, 2.75) is 50.2 Å². The number of aromatic nitrogens is 3. The van der Waals surface area contributed by atoms with Crippen molar-refractivity contribution in [1.82, 2.24) is 14.8 Å². The Labute approximate surface area is 209 Å². The molecule has 0 spiro atoms. The summed E-state index contributed by atoms with van der Waals surface area (Å²) in [5.74, 6) is 2.20. The first-order valence-corrected chi connectivity index (χ1v) is 12.7. The highest BCUT2D eigenvalue weighted by Gasteiger charge is 2.25. The van der Waals surface area contributed by atoms with Crippen LogP contribution in [0.4, 0.5) is 5.69 Å². The quantitative estimate of drug-likeness (QED) is 0.373. The molecule has 180 valence electrons. The molecule has 1 aromatic heterocycles. The lowest BCUT2D eigenvalue weighted by Crippen LogP contribution is -2.17. The first-order chi connectivity index (χ1) is 16.5. The summed E-state index contributed by atoms with van der Waals surface area (Å²) >= 11 is 7.58. The molecule has 0 unspecified atom stereocenters. The third-order valence-electron chi connectivity index (χ3n) is 6.12. The molecule has 1 amide bonds. The van der Waals surface area contributed by atoms with E-state index in [4.69, 9.17) is 21.1 Å². The zero-order chi connectivity index (χ0) is 24.1. The van der Waals surface area contributed by atoms with Crippen molar-refractivity contribution in [2.75, 3.05) is 25.3 Å².